The Morgan fingerprint density at radius 2 is 1.97 bits per heavy atom. The van der Waals surface area contributed by atoms with Crippen LogP contribution in [0.15, 0.2) is 36.7 Å². The van der Waals surface area contributed by atoms with Crippen LogP contribution in [0.25, 0.3) is 0 Å². The molecule has 0 spiro atoms. The molecule has 8 heteroatoms. The van der Waals surface area contributed by atoms with Crippen molar-refractivity contribution in [1.29, 1.82) is 5.26 Å². The third kappa shape index (κ3) is 4.63. The standard InChI is InChI=1S/C31H37N7O/c1-29(2)10-8-24-21(18-33-30(3)11-12-30)14-25(36-26(24)29)27(39)35-23-7-5-6-22(15-23)31(16-20(17-31)9-13-32)28-37-34-19-38(28)4/h5-7,14-15,19-20,33H,8-12,16-18H2,1-4H3,(H,35,39). The molecule has 3 aromatic rings. The monoisotopic (exact) mass is 523 g/mol. The summed E-state index contributed by atoms with van der Waals surface area (Å²) in [5.41, 5.74) is 5.69. The van der Waals surface area contributed by atoms with Crippen LogP contribution in [0.1, 0.15) is 98.0 Å². The fourth-order valence-corrected chi connectivity index (χ4v) is 6.52. The minimum absolute atomic E-state index is 0.0452. The normalized spacial score (nSPS) is 23.9. The number of nitrogens with one attached hydrogen (secondary N) is 2. The molecule has 0 atom stereocenters. The van der Waals surface area contributed by atoms with E-state index in [-0.39, 0.29) is 22.3 Å². The molecule has 3 aliphatic rings. The number of nitrogens with zero attached hydrogens (tertiary/aromatic N) is 5. The van der Waals surface area contributed by atoms with Crippen molar-refractivity contribution in [1.82, 2.24) is 25.1 Å². The van der Waals surface area contributed by atoms with E-state index in [0.717, 1.165) is 55.0 Å². The summed E-state index contributed by atoms with van der Waals surface area (Å²) >= 11 is 0. The van der Waals surface area contributed by atoms with Crippen LogP contribution in [0, 0.1) is 17.2 Å². The van der Waals surface area contributed by atoms with Gasteiger partial charge in [-0.05, 0) is 86.3 Å². The number of aromatic nitrogens is 4. The van der Waals surface area contributed by atoms with Crippen LogP contribution in [0.3, 0.4) is 0 Å². The van der Waals surface area contributed by atoms with Gasteiger partial charge in [-0.2, -0.15) is 5.26 Å². The molecule has 2 saturated carbocycles. The molecule has 0 bridgehead atoms. The fourth-order valence-electron chi connectivity index (χ4n) is 6.52. The first-order chi connectivity index (χ1) is 18.6. The van der Waals surface area contributed by atoms with Crippen molar-refractivity contribution in [2.75, 3.05) is 5.32 Å². The second-order valence-electron chi connectivity index (χ2n) is 12.8. The van der Waals surface area contributed by atoms with Gasteiger partial charge in [0.15, 0.2) is 0 Å². The lowest BCUT2D eigenvalue weighted by atomic mass is 9.57. The molecule has 2 aromatic heterocycles. The van der Waals surface area contributed by atoms with Gasteiger partial charge < -0.3 is 15.2 Å². The highest BCUT2D eigenvalue weighted by atomic mass is 16.1. The number of carbonyl (C=O) groups excluding carboxylic acids is 1. The van der Waals surface area contributed by atoms with E-state index in [2.05, 4.69) is 53.7 Å². The maximum atomic E-state index is 13.6. The molecule has 3 aliphatic carbocycles. The van der Waals surface area contributed by atoms with Crippen molar-refractivity contribution in [2.45, 2.75) is 88.6 Å². The Labute approximate surface area is 230 Å². The summed E-state index contributed by atoms with van der Waals surface area (Å²) in [5.74, 6) is 1.03. The second kappa shape index (κ2) is 9.27. The van der Waals surface area contributed by atoms with Crippen LogP contribution in [-0.4, -0.2) is 31.2 Å². The molecule has 1 aromatic carbocycles. The topological polar surface area (TPSA) is 109 Å². The van der Waals surface area contributed by atoms with Crippen molar-refractivity contribution < 1.29 is 4.79 Å². The summed E-state index contributed by atoms with van der Waals surface area (Å²) in [5, 5.41) is 24.6. The maximum absolute atomic E-state index is 13.6. The predicted octanol–water partition coefficient (Wildman–Crippen LogP) is 4.94. The Kier molecular flexibility index (Phi) is 6.11. The van der Waals surface area contributed by atoms with Crippen molar-refractivity contribution in [3.05, 3.63) is 70.6 Å². The zero-order valence-corrected chi connectivity index (χ0v) is 23.3. The number of benzene rings is 1. The summed E-state index contributed by atoms with van der Waals surface area (Å²) in [6.07, 6.45) is 8.37. The third-order valence-electron chi connectivity index (χ3n) is 9.26. The molecule has 2 N–H and O–H groups in total. The smallest absolute Gasteiger partial charge is 0.274 e. The zero-order chi connectivity index (χ0) is 27.4. The maximum Gasteiger partial charge on any atom is 0.274 e. The van der Waals surface area contributed by atoms with Crippen LogP contribution in [0.5, 0.6) is 0 Å². The SMILES string of the molecule is Cn1cnnc1C1(c2cccc(NC(=O)c3cc(CNC4(C)CC4)c4c(n3)C(C)(C)CC4)c2)CC(CC#N)C1. The zero-order valence-electron chi connectivity index (χ0n) is 23.3. The number of rotatable bonds is 8. The molecular weight excluding hydrogens is 486 g/mol. The van der Waals surface area contributed by atoms with E-state index in [0.29, 0.717) is 18.0 Å². The summed E-state index contributed by atoms with van der Waals surface area (Å²) in [6.45, 7) is 7.47. The minimum atomic E-state index is -0.318. The molecule has 0 radical (unpaired) electrons. The molecule has 2 fully saturated rings. The van der Waals surface area contributed by atoms with Crippen LogP contribution >= 0.6 is 0 Å². The molecular formula is C31H37N7O. The first kappa shape index (κ1) is 25.7. The van der Waals surface area contributed by atoms with Gasteiger partial charge in [0.1, 0.15) is 17.8 Å². The average Bonchev–Trinajstić information content (AvgIpc) is 3.33. The highest BCUT2D eigenvalue weighted by Gasteiger charge is 2.49. The Morgan fingerprint density at radius 1 is 1.18 bits per heavy atom. The Hall–Kier alpha value is -3.57. The molecule has 6 rings (SSSR count). The highest BCUT2D eigenvalue weighted by molar-refractivity contribution is 6.03. The number of nitriles is 1. The molecule has 2 heterocycles. The van der Waals surface area contributed by atoms with Crippen molar-refractivity contribution >= 4 is 11.6 Å². The lowest BCUT2D eigenvalue weighted by Crippen LogP contribution is -2.44. The summed E-state index contributed by atoms with van der Waals surface area (Å²) < 4.78 is 1.96. The Balaban J connectivity index is 1.28. The van der Waals surface area contributed by atoms with Gasteiger partial charge in [0.05, 0.1) is 17.2 Å². The van der Waals surface area contributed by atoms with Gasteiger partial charge in [0, 0.05) is 36.7 Å². The van der Waals surface area contributed by atoms with E-state index in [9.17, 15) is 10.1 Å². The largest absolute Gasteiger partial charge is 0.321 e. The molecule has 39 heavy (non-hydrogen) atoms. The van der Waals surface area contributed by atoms with Crippen molar-refractivity contribution in [3.63, 3.8) is 0 Å². The van der Waals surface area contributed by atoms with Gasteiger partial charge in [-0.25, -0.2) is 4.98 Å². The number of amides is 1. The van der Waals surface area contributed by atoms with E-state index >= 15 is 0 Å². The fraction of sp³-hybridized carbons (Fsp3) is 0.516. The minimum Gasteiger partial charge on any atom is -0.321 e. The average molecular weight is 524 g/mol. The van der Waals surface area contributed by atoms with Gasteiger partial charge in [-0.3, -0.25) is 4.79 Å². The lowest BCUT2D eigenvalue weighted by Gasteiger charge is -2.46. The summed E-state index contributed by atoms with van der Waals surface area (Å²) in [7, 11) is 1.96. The Morgan fingerprint density at radius 3 is 2.67 bits per heavy atom. The number of aryl methyl sites for hydroxylation is 1. The van der Waals surface area contributed by atoms with E-state index in [4.69, 9.17) is 4.98 Å². The van der Waals surface area contributed by atoms with Crippen LogP contribution < -0.4 is 10.6 Å². The van der Waals surface area contributed by atoms with Crippen molar-refractivity contribution in [3.8, 4) is 6.07 Å². The molecule has 0 unspecified atom stereocenters. The van der Waals surface area contributed by atoms with Gasteiger partial charge in [-0.1, -0.05) is 26.0 Å². The molecule has 8 nitrogen and oxygen atoms in total. The van der Waals surface area contributed by atoms with Crippen molar-refractivity contribution in [2.24, 2.45) is 13.0 Å². The molecule has 0 saturated heterocycles. The number of carbonyl (C=O) groups is 1. The van der Waals surface area contributed by atoms with E-state index in [1.165, 1.54) is 24.0 Å². The summed E-state index contributed by atoms with van der Waals surface area (Å²) in [6, 6.07) is 12.3. The second-order valence-corrected chi connectivity index (χ2v) is 12.8. The van der Waals surface area contributed by atoms with Crippen LogP contribution in [-0.2, 0) is 30.8 Å². The molecule has 0 aliphatic heterocycles. The number of anilines is 1. The van der Waals surface area contributed by atoms with Gasteiger partial charge in [0.25, 0.3) is 5.91 Å². The van der Waals surface area contributed by atoms with E-state index < -0.39 is 0 Å². The van der Waals surface area contributed by atoms with Gasteiger partial charge >= 0.3 is 0 Å². The van der Waals surface area contributed by atoms with Crippen LogP contribution in [0.2, 0.25) is 0 Å². The number of fused-ring (bicyclic) bond motifs is 1. The lowest BCUT2D eigenvalue weighted by molar-refractivity contribution is 0.102. The van der Waals surface area contributed by atoms with Gasteiger partial charge in [0.2, 0.25) is 0 Å². The van der Waals surface area contributed by atoms with Gasteiger partial charge in [-0.15, -0.1) is 10.2 Å². The highest BCUT2D eigenvalue weighted by Crippen LogP contribution is 2.53. The quantitative estimate of drug-likeness (QED) is 0.433. The molecule has 202 valence electrons. The number of pyridine rings is 1. The number of hydrogen-bond donors (Lipinski definition) is 2. The van der Waals surface area contributed by atoms with E-state index in [1.807, 2.05) is 35.9 Å². The first-order valence-electron chi connectivity index (χ1n) is 14.0. The third-order valence-corrected chi connectivity index (χ3v) is 9.26. The number of hydrogen-bond acceptors (Lipinski definition) is 6. The molecule has 1 amide bonds. The Bertz CT molecular complexity index is 1470. The van der Waals surface area contributed by atoms with E-state index in [1.54, 1.807) is 6.33 Å². The first-order valence-corrected chi connectivity index (χ1v) is 14.0. The van der Waals surface area contributed by atoms with Crippen LogP contribution in [0.4, 0.5) is 5.69 Å². The predicted molar refractivity (Wildman–Crippen MR) is 149 cm³/mol. The summed E-state index contributed by atoms with van der Waals surface area (Å²) in [4.78, 5) is 18.5.